The van der Waals surface area contributed by atoms with E-state index in [0.29, 0.717) is 29.3 Å². The van der Waals surface area contributed by atoms with E-state index in [1.165, 1.54) is 7.11 Å². The number of aliphatic hydroxyl groups excluding tert-OH is 1. The molecule has 3 aromatic rings. The van der Waals surface area contributed by atoms with E-state index < -0.39 is 18.2 Å². The molecule has 7 nitrogen and oxygen atoms in total. The lowest BCUT2D eigenvalue weighted by molar-refractivity contribution is -0.117. The number of fused-ring (bicyclic) bond motifs is 1. The lowest BCUT2D eigenvalue weighted by atomic mass is 10.00. The maximum atomic E-state index is 13.1. The van der Waals surface area contributed by atoms with Crippen molar-refractivity contribution in [3.8, 4) is 17.0 Å². The Balaban J connectivity index is 1.67. The van der Waals surface area contributed by atoms with Crippen LogP contribution in [0.1, 0.15) is 43.5 Å². The zero-order chi connectivity index (χ0) is 22.1. The van der Waals surface area contributed by atoms with Crippen LogP contribution in [0.25, 0.3) is 22.0 Å². The molecule has 8 heteroatoms. The Morgan fingerprint density at radius 2 is 2.06 bits per heavy atom. The number of aliphatic hydroxyl groups is 1. The molecule has 0 aromatic carbocycles. The predicted octanol–water partition coefficient (Wildman–Crippen LogP) is 4.14. The molecule has 0 bridgehead atoms. The van der Waals surface area contributed by atoms with Crippen molar-refractivity contribution in [2.45, 2.75) is 45.4 Å². The molecule has 0 saturated heterocycles. The van der Waals surface area contributed by atoms with Gasteiger partial charge in [0.15, 0.2) is 0 Å². The third-order valence-electron chi connectivity index (χ3n) is 5.48. The number of rotatable bonds is 7. The number of hydrogen-bond acceptors (Lipinski definition) is 6. The predicted molar refractivity (Wildman–Crippen MR) is 116 cm³/mol. The zero-order valence-corrected chi connectivity index (χ0v) is 17.7. The van der Waals surface area contributed by atoms with Crippen molar-refractivity contribution in [2.75, 3.05) is 12.4 Å². The molecular formula is C23H25FN4O3. The maximum absolute atomic E-state index is 13.1. The Kier molecular flexibility index (Phi) is 5.82. The molecule has 1 fully saturated rings. The number of carbonyl (C=O) groups is 1. The molecule has 4 rings (SSSR count). The van der Waals surface area contributed by atoms with E-state index in [1.807, 2.05) is 26.0 Å². The van der Waals surface area contributed by atoms with Crippen LogP contribution in [-0.2, 0) is 4.79 Å². The number of halogens is 1. The number of hydrogen-bond donors (Lipinski definition) is 2. The van der Waals surface area contributed by atoms with Gasteiger partial charge < -0.3 is 15.2 Å². The molecule has 1 amide bonds. The van der Waals surface area contributed by atoms with E-state index in [1.54, 1.807) is 18.5 Å². The molecule has 0 aliphatic heterocycles. The number of aryl methyl sites for hydroxylation is 1. The van der Waals surface area contributed by atoms with E-state index >= 15 is 0 Å². The lowest BCUT2D eigenvalue weighted by Gasteiger charge is -2.14. The van der Waals surface area contributed by atoms with Crippen LogP contribution in [0.2, 0.25) is 0 Å². The topological polar surface area (TPSA) is 97.2 Å². The van der Waals surface area contributed by atoms with Gasteiger partial charge >= 0.3 is 0 Å². The van der Waals surface area contributed by atoms with Crippen molar-refractivity contribution < 1.29 is 19.0 Å². The van der Waals surface area contributed by atoms with Crippen LogP contribution in [0.5, 0.6) is 5.88 Å². The van der Waals surface area contributed by atoms with Gasteiger partial charge in [0, 0.05) is 35.0 Å². The van der Waals surface area contributed by atoms with E-state index in [4.69, 9.17) is 4.74 Å². The second-order valence-electron chi connectivity index (χ2n) is 7.88. The van der Waals surface area contributed by atoms with Crippen LogP contribution in [0.3, 0.4) is 0 Å². The van der Waals surface area contributed by atoms with Gasteiger partial charge in [-0.05, 0) is 37.5 Å². The first-order valence-electron chi connectivity index (χ1n) is 10.4. The first kappa shape index (κ1) is 21.1. The Hall–Kier alpha value is -3.13. The van der Waals surface area contributed by atoms with Crippen LogP contribution in [0.4, 0.5) is 10.2 Å². The lowest BCUT2D eigenvalue weighted by Crippen LogP contribution is -2.15. The minimum absolute atomic E-state index is 0.260. The number of nitrogens with one attached hydrogen (secondary N) is 1. The van der Waals surface area contributed by atoms with Crippen LogP contribution in [-0.4, -0.2) is 39.2 Å². The normalized spacial score (nSPS) is 18.6. The number of pyridine rings is 3. The van der Waals surface area contributed by atoms with Gasteiger partial charge in [0.1, 0.15) is 12.0 Å². The molecule has 1 aliphatic rings. The Labute approximate surface area is 179 Å². The summed E-state index contributed by atoms with van der Waals surface area (Å²) in [5.74, 6) is -0.216. The monoisotopic (exact) mass is 424 g/mol. The van der Waals surface area contributed by atoms with Gasteiger partial charge in [-0.25, -0.2) is 14.4 Å². The molecular weight excluding hydrogens is 399 g/mol. The van der Waals surface area contributed by atoms with Crippen LogP contribution < -0.4 is 10.1 Å². The molecule has 1 saturated carbocycles. The molecule has 3 atom stereocenters. The van der Waals surface area contributed by atoms with Crippen LogP contribution >= 0.6 is 0 Å². The van der Waals surface area contributed by atoms with Crippen molar-refractivity contribution in [1.29, 1.82) is 0 Å². The average molecular weight is 424 g/mol. The fourth-order valence-electron chi connectivity index (χ4n) is 3.58. The molecule has 2 N–H and O–H groups in total. The van der Waals surface area contributed by atoms with Gasteiger partial charge in [-0.2, -0.15) is 0 Å². The van der Waals surface area contributed by atoms with Crippen molar-refractivity contribution >= 4 is 22.6 Å². The van der Waals surface area contributed by atoms with Gasteiger partial charge in [0.05, 0.1) is 30.3 Å². The van der Waals surface area contributed by atoms with Gasteiger partial charge in [-0.15, -0.1) is 0 Å². The van der Waals surface area contributed by atoms with Gasteiger partial charge in [0.2, 0.25) is 11.8 Å². The number of amides is 1. The Morgan fingerprint density at radius 3 is 2.71 bits per heavy atom. The minimum Gasteiger partial charge on any atom is -0.481 e. The minimum atomic E-state index is -1.06. The zero-order valence-electron chi connectivity index (χ0n) is 17.7. The second kappa shape index (κ2) is 8.55. The fourth-order valence-corrected chi connectivity index (χ4v) is 3.58. The molecule has 0 radical (unpaired) electrons. The summed E-state index contributed by atoms with van der Waals surface area (Å²) >= 11 is 0. The van der Waals surface area contributed by atoms with E-state index in [2.05, 4.69) is 20.3 Å². The largest absolute Gasteiger partial charge is 0.481 e. The maximum Gasteiger partial charge on any atom is 0.231 e. The third-order valence-corrected chi connectivity index (χ3v) is 5.48. The van der Waals surface area contributed by atoms with Gasteiger partial charge in [-0.3, -0.25) is 9.78 Å². The van der Waals surface area contributed by atoms with Crippen LogP contribution in [0.15, 0.2) is 30.6 Å². The van der Waals surface area contributed by atoms with Gasteiger partial charge in [-0.1, -0.05) is 13.3 Å². The standard InChI is InChI=1S/C23H25FN4O3/c1-4-5-20(29)19-6-12(2)16(11-25-19)14-7-13-10-26-21(9-18(13)27-23(14)31-3)28-22(30)15-8-17(15)24/h6-7,9-11,15,17,20,29H,4-5,8H2,1-3H3,(H,26,28,30)/t15-,17+,20-/m0/s1. The molecule has 0 unspecified atom stereocenters. The highest BCUT2D eigenvalue weighted by molar-refractivity contribution is 5.96. The third kappa shape index (κ3) is 4.34. The summed E-state index contributed by atoms with van der Waals surface area (Å²) in [4.78, 5) is 25.3. The Morgan fingerprint density at radius 1 is 1.29 bits per heavy atom. The summed E-state index contributed by atoms with van der Waals surface area (Å²) in [7, 11) is 1.54. The molecule has 3 heterocycles. The molecule has 0 spiro atoms. The van der Waals surface area contributed by atoms with Crippen molar-refractivity contribution in [3.05, 3.63) is 41.9 Å². The number of carbonyl (C=O) groups excluding carboxylic acids is 1. The fraction of sp³-hybridized carbons (Fsp3) is 0.391. The van der Waals surface area contributed by atoms with E-state index in [-0.39, 0.29) is 12.3 Å². The number of methoxy groups -OCH3 is 1. The van der Waals surface area contributed by atoms with Crippen molar-refractivity contribution in [2.24, 2.45) is 5.92 Å². The number of aromatic nitrogens is 3. The first-order chi connectivity index (χ1) is 14.9. The Bertz CT molecular complexity index is 1140. The number of alkyl halides is 1. The quantitative estimate of drug-likeness (QED) is 0.592. The first-order valence-corrected chi connectivity index (χ1v) is 10.4. The van der Waals surface area contributed by atoms with Crippen molar-refractivity contribution in [3.63, 3.8) is 0 Å². The van der Waals surface area contributed by atoms with Crippen molar-refractivity contribution in [1.82, 2.24) is 15.0 Å². The molecule has 1 aliphatic carbocycles. The molecule has 3 aromatic heterocycles. The average Bonchev–Trinajstić information content (AvgIpc) is 3.49. The molecule has 162 valence electrons. The van der Waals surface area contributed by atoms with Gasteiger partial charge in [0.25, 0.3) is 0 Å². The van der Waals surface area contributed by atoms with E-state index in [0.717, 1.165) is 28.5 Å². The molecule has 31 heavy (non-hydrogen) atoms. The summed E-state index contributed by atoms with van der Waals surface area (Å²) in [5, 5.41) is 13.6. The SMILES string of the molecule is CCC[C@H](O)c1cc(C)c(-c2cc3cnc(NC(=O)[C@H]4C[C@H]4F)cc3nc2OC)cn1. The number of nitrogens with zero attached hydrogens (tertiary/aromatic N) is 3. The highest BCUT2D eigenvalue weighted by Crippen LogP contribution is 2.36. The van der Waals surface area contributed by atoms with Crippen LogP contribution in [0, 0.1) is 12.8 Å². The highest BCUT2D eigenvalue weighted by Gasteiger charge is 2.43. The summed E-state index contributed by atoms with van der Waals surface area (Å²) in [6.07, 6.45) is 3.47. The number of ether oxygens (including phenoxy) is 1. The number of anilines is 1. The summed E-state index contributed by atoms with van der Waals surface area (Å²) in [6.45, 7) is 3.97. The van der Waals surface area contributed by atoms with E-state index in [9.17, 15) is 14.3 Å². The second-order valence-corrected chi connectivity index (χ2v) is 7.88. The summed E-state index contributed by atoms with van der Waals surface area (Å²) < 4.78 is 18.6. The smallest absolute Gasteiger partial charge is 0.231 e. The highest BCUT2D eigenvalue weighted by atomic mass is 19.1. The summed E-state index contributed by atoms with van der Waals surface area (Å²) in [5.41, 5.74) is 3.79. The summed E-state index contributed by atoms with van der Waals surface area (Å²) in [6, 6.07) is 5.43.